The van der Waals surface area contributed by atoms with Crippen LogP contribution in [-0.4, -0.2) is 42.5 Å². The molecule has 44 heavy (non-hydrogen) atoms. The highest BCUT2D eigenvalue weighted by Gasteiger charge is 2.25. The number of ketones is 1. The lowest BCUT2D eigenvalue weighted by atomic mass is 9.96. The van der Waals surface area contributed by atoms with E-state index in [1.54, 1.807) is 6.07 Å². The highest BCUT2D eigenvalue weighted by Crippen LogP contribution is 2.31. The quantitative estimate of drug-likeness (QED) is 0.112. The summed E-state index contributed by atoms with van der Waals surface area (Å²) >= 11 is 0. The van der Waals surface area contributed by atoms with Gasteiger partial charge < -0.3 is 13.9 Å². The molecule has 0 fully saturated rings. The van der Waals surface area contributed by atoms with Crippen LogP contribution in [0.1, 0.15) is 93.3 Å². The van der Waals surface area contributed by atoms with Crippen LogP contribution in [0.5, 0.6) is 5.75 Å². The summed E-state index contributed by atoms with van der Waals surface area (Å²) < 4.78 is 17.7. The molecule has 6 nitrogen and oxygen atoms in total. The molecule has 0 amide bonds. The molecule has 0 aliphatic rings. The normalized spacial score (nSPS) is 11.2. The van der Waals surface area contributed by atoms with Crippen molar-refractivity contribution in [3.8, 4) is 5.75 Å². The molecule has 4 aromatic rings. The number of carbonyl (C=O) groups is 2. The van der Waals surface area contributed by atoms with Crippen molar-refractivity contribution in [3.05, 3.63) is 100 Å². The van der Waals surface area contributed by atoms with E-state index in [9.17, 15) is 9.59 Å². The number of furan rings is 1. The standard InChI is InChI=1S/C34H39NO5.2C2H6/c1-6-25(5)39-31(36)21-30-32(28-15-11-12-16-29(28)40-30)33(37)27-19-23(3)34(24(4)20-27)38-18-17-35(7-2)22-26-13-9-8-10-14-26;2*1-2/h8-16,19-20,25H,6-7,17-18,21-22H2,1-5H3;2*1-2H3/t25-;;/m0../s1. The summed E-state index contributed by atoms with van der Waals surface area (Å²) in [4.78, 5) is 28.8. The van der Waals surface area contributed by atoms with Crippen LogP contribution >= 0.6 is 0 Å². The lowest BCUT2D eigenvalue weighted by Gasteiger charge is -2.21. The van der Waals surface area contributed by atoms with E-state index in [4.69, 9.17) is 13.9 Å². The van der Waals surface area contributed by atoms with Gasteiger partial charge in [-0.25, -0.2) is 0 Å². The molecule has 1 heterocycles. The largest absolute Gasteiger partial charge is 0.492 e. The summed E-state index contributed by atoms with van der Waals surface area (Å²) in [7, 11) is 0. The molecule has 4 rings (SSSR count). The Labute approximate surface area is 264 Å². The Bertz CT molecular complexity index is 1430. The lowest BCUT2D eigenvalue weighted by Crippen LogP contribution is -2.28. The van der Waals surface area contributed by atoms with Crippen LogP contribution < -0.4 is 4.74 Å². The Balaban J connectivity index is 0.00000162. The minimum atomic E-state index is -0.410. The van der Waals surface area contributed by atoms with Crippen molar-refractivity contribution in [2.75, 3.05) is 19.7 Å². The second kappa shape index (κ2) is 18.7. The van der Waals surface area contributed by atoms with Gasteiger partial charge in [-0.1, -0.05) is 90.1 Å². The zero-order valence-electron chi connectivity index (χ0n) is 28.2. The first kappa shape index (κ1) is 36.3. The summed E-state index contributed by atoms with van der Waals surface area (Å²) in [6.45, 7) is 21.0. The predicted octanol–water partition coefficient (Wildman–Crippen LogP) is 9.12. The number of likely N-dealkylation sites (N-methyl/N-ethyl adjacent to an activating group) is 1. The molecule has 0 spiro atoms. The van der Waals surface area contributed by atoms with Gasteiger partial charge in [0.1, 0.15) is 30.1 Å². The molecule has 3 aromatic carbocycles. The molecule has 0 saturated carbocycles. The zero-order valence-corrected chi connectivity index (χ0v) is 28.2. The van der Waals surface area contributed by atoms with E-state index in [0.29, 0.717) is 40.9 Å². The smallest absolute Gasteiger partial charge is 0.313 e. The minimum Gasteiger partial charge on any atom is -0.492 e. The number of rotatable bonds is 13. The van der Waals surface area contributed by atoms with Gasteiger partial charge in [-0.05, 0) is 68.6 Å². The second-order valence-corrected chi connectivity index (χ2v) is 10.3. The molecule has 0 unspecified atom stereocenters. The number of para-hydroxylation sites is 1. The Hall–Kier alpha value is -3.90. The van der Waals surface area contributed by atoms with Crippen LogP contribution in [0.15, 0.2) is 71.1 Å². The molecule has 0 bridgehead atoms. The van der Waals surface area contributed by atoms with Gasteiger partial charge in [0.2, 0.25) is 0 Å². The van der Waals surface area contributed by atoms with Gasteiger partial charge in [-0.2, -0.15) is 0 Å². The van der Waals surface area contributed by atoms with Crippen molar-refractivity contribution < 1.29 is 23.5 Å². The maximum atomic E-state index is 13.9. The van der Waals surface area contributed by atoms with Crippen molar-refractivity contribution in [1.29, 1.82) is 0 Å². The van der Waals surface area contributed by atoms with Crippen LogP contribution in [0.2, 0.25) is 0 Å². The third-order valence-electron chi connectivity index (χ3n) is 7.18. The molecule has 6 heteroatoms. The molecule has 1 atom stereocenters. The average molecular weight is 602 g/mol. The fraction of sp³-hybridized carbons (Fsp3) is 0.421. The van der Waals surface area contributed by atoms with E-state index in [1.165, 1.54) is 5.56 Å². The molecule has 0 radical (unpaired) electrons. The number of benzene rings is 3. The third kappa shape index (κ3) is 9.81. The zero-order chi connectivity index (χ0) is 32.6. The molecular weight excluding hydrogens is 550 g/mol. The monoisotopic (exact) mass is 601 g/mol. The second-order valence-electron chi connectivity index (χ2n) is 10.3. The number of hydrogen-bond acceptors (Lipinski definition) is 6. The Kier molecular flexibility index (Phi) is 15.4. The molecule has 0 aliphatic heterocycles. The summed E-state index contributed by atoms with van der Waals surface area (Å²) in [5.41, 5.74) is 4.56. The van der Waals surface area contributed by atoms with Gasteiger partial charge in [-0.3, -0.25) is 14.5 Å². The maximum absolute atomic E-state index is 13.9. The van der Waals surface area contributed by atoms with Gasteiger partial charge in [0, 0.05) is 24.0 Å². The highest BCUT2D eigenvalue weighted by atomic mass is 16.5. The van der Waals surface area contributed by atoms with E-state index in [1.807, 2.05) is 91.8 Å². The third-order valence-corrected chi connectivity index (χ3v) is 7.18. The van der Waals surface area contributed by atoms with Crippen molar-refractivity contribution in [2.45, 2.75) is 87.8 Å². The Morgan fingerprint density at radius 1 is 0.886 bits per heavy atom. The van der Waals surface area contributed by atoms with Crippen molar-refractivity contribution in [3.63, 3.8) is 0 Å². The maximum Gasteiger partial charge on any atom is 0.313 e. The minimum absolute atomic E-state index is 0.101. The number of ether oxygens (including phenoxy) is 2. The number of esters is 1. The highest BCUT2D eigenvalue weighted by molar-refractivity contribution is 6.17. The first-order valence-electron chi connectivity index (χ1n) is 16.1. The van der Waals surface area contributed by atoms with Crippen LogP contribution in [0, 0.1) is 13.8 Å². The number of nitrogens with zero attached hydrogens (tertiary/aromatic N) is 1. The molecule has 0 N–H and O–H groups in total. The van der Waals surface area contributed by atoms with Crippen LogP contribution in [-0.2, 0) is 22.5 Å². The predicted molar refractivity (Wildman–Crippen MR) is 181 cm³/mol. The first-order chi connectivity index (χ1) is 21.3. The molecule has 1 aromatic heterocycles. The van der Waals surface area contributed by atoms with E-state index >= 15 is 0 Å². The van der Waals surface area contributed by atoms with Crippen molar-refractivity contribution in [1.82, 2.24) is 4.90 Å². The van der Waals surface area contributed by atoms with E-state index < -0.39 is 5.97 Å². The molecule has 0 saturated heterocycles. The summed E-state index contributed by atoms with van der Waals surface area (Å²) in [6.07, 6.45) is 0.418. The number of hydrogen-bond donors (Lipinski definition) is 0. The van der Waals surface area contributed by atoms with Crippen molar-refractivity contribution in [2.24, 2.45) is 0 Å². The van der Waals surface area contributed by atoms with Crippen LogP contribution in [0.25, 0.3) is 11.0 Å². The molecule has 238 valence electrons. The van der Waals surface area contributed by atoms with Gasteiger partial charge >= 0.3 is 5.97 Å². The topological polar surface area (TPSA) is 69.0 Å². The van der Waals surface area contributed by atoms with E-state index in [0.717, 1.165) is 36.5 Å². The van der Waals surface area contributed by atoms with Gasteiger partial charge in [0.05, 0.1) is 11.7 Å². The van der Waals surface area contributed by atoms with Crippen molar-refractivity contribution >= 4 is 22.7 Å². The van der Waals surface area contributed by atoms with E-state index in [2.05, 4.69) is 36.1 Å². The SMILES string of the molecule is CC.CC.CC[C@H](C)OC(=O)Cc1oc2ccccc2c1C(=O)c1cc(C)c(OCCN(CC)Cc2ccccc2)c(C)c1. The molecule has 0 aliphatic carbocycles. The fourth-order valence-corrected chi connectivity index (χ4v) is 4.87. The Morgan fingerprint density at radius 2 is 1.50 bits per heavy atom. The summed E-state index contributed by atoms with van der Waals surface area (Å²) in [6, 6.07) is 21.5. The summed E-state index contributed by atoms with van der Waals surface area (Å²) in [5.74, 6) is 0.524. The van der Waals surface area contributed by atoms with Crippen LogP contribution in [0.3, 0.4) is 0 Å². The van der Waals surface area contributed by atoms with E-state index in [-0.39, 0.29) is 18.3 Å². The first-order valence-corrected chi connectivity index (χ1v) is 16.1. The van der Waals surface area contributed by atoms with Gasteiger partial charge in [-0.15, -0.1) is 0 Å². The number of fused-ring (bicyclic) bond motifs is 1. The number of carbonyl (C=O) groups excluding carboxylic acids is 2. The average Bonchev–Trinajstić information content (AvgIpc) is 3.41. The Morgan fingerprint density at radius 3 is 2.11 bits per heavy atom. The van der Waals surface area contributed by atoms with Crippen LogP contribution in [0.4, 0.5) is 0 Å². The molecular formula is C38H51NO5. The number of aryl methyl sites for hydroxylation is 2. The fourth-order valence-electron chi connectivity index (χ4n) is 4.87. The van der Waals surface area contributed by atoms with Gasteiger partial charge in [0.25, 0.3) is 0 Å². The van der Waals surface area contributed by atoms with Gasteiger partial charge in [0.15, 0.2) is 5.78 Å². The summed E-state index contributed by atoms with van der Waals surface area (Å²) in [5, 5.41) is 0.688. The lowest BCUT2D eigenvalue weighted by molar-refractivity contribution is -0.147.